The van der Waals surface area contributed by atoms with Crippen molar-refractivity contribution < 1.29 is 19.0 Å². The molecule has 0 saturated carbocycles. The van der Waals surface area contributed by atoms with Gasteiger partial charge in [-0.05, 0) is 54.7 Å². The standard InChI is InChI=1S/C24H29N3O4/c1-3-11-29-19-7-4-6-17(13-19)18-8-9-21-20(14-18)24(26-22(25)27(2)31-24)15-23(30-21)10-5-12-28-16-23/h4,6-9,13-14H,3,5,10-12,15-16H2,1-2H3,(H2,25,26). The van der Waals surface area contributed by atoms with Gasteiger partial charge in [0.1, 0.15) is 17.1 Å². The molecule has 0 aliphatic carbocycles. The molecule has 3 heterocycles. The topological polar surface area (TPSA) is 78.5 Å². The number of hydrogen-bond acceptors (Lipinski definition) is 7. The zero-order valence-electron chi connectivity index (χ0n) is 18.1. The average molecular weight is 424 g/mol. The highest BCUT2D eigenvalue weighted by Gasteiger charge is 2.55. The Labute approximate surface area is 182 Å². The first-order chi connectivity index (χ1) is 15.0. The van der Waals surface area contributed by atoms with Crippen molar-refractivity contribution >= 4 is 5.96 Å². The van der Waals surface area contributed by atoms with Gasteiger partial charge in [0.15, 0.2) is 0 Å². The predicted octanol–water partition coefficient (Wildman–Crippen LogP) is 3.82. The van der Waals surface area contributed by atoms with Crippen molar-refractivity contribution in [2.45, 2.75) is 43.9 Å². The van der Waals surface area contributed by atoms with Gasteiger partial charge in [0, 0.05) is 20.1 Å². The molecule has 1 saturated heterocycles. The molecule has 7 heteroatoms. The predicted molar refractivity (Wildman–Crippen MR) is 118 cm³/mol. The largest absolute Gasteiger partial charge is 0.494 e. The molecule has 2 N–H and O–H groups in total. The second-order valence-electron chi connectivity index (χ2n) is 8.55. The Bertz CT molecular complexity index is 1000. The molecule has 0 amide bonds. The molecule has 31 heavy (non-hydrogen) atoms. The maximum absolute atomic E-state index is 6.53. The van der Waals surface area contributed by atoms with Gasteiger partial charge < -0.3 is 19.9 Å². The van der Waals surface area contributed by atoms with Gasteiger partial charge in [-0.2, -0.15) is 0 Å². The highest BCUT2D eigenvalue weighted by molar-refractivity contribution is 5.79. The van der Waals surface area contributed by atoms with Crippen molar-refractivity contribution in [1.29, 1.82) is 0 Å². The van der Waals surface area contributed by atoms with Crippen molar-refractivity contribution in [3.63, 3.8) is 0 Å². The van der Waals surface area contributed by atoms with E-state index in [-0.39, 0.29) is 0 Å². The van der Waals surface area contributed by atoms with E-state index in [0.29, 0.717) is 25.6 Å². The van der Waals surface area contributed by atoms with Crippen molar-refractivity contribution in [3.05, 3.63) is 48.0 Å². The van der Waals surface area contributed by atoms with Gasteiger partial charge in [-0.3, -0.25) is 0 Å². The van der Waals surface area contributed by atoms with E-state index in [9.17, 15) is 0 Å². The lowest BCUT2D eigenvalue weighted by Crippen LogP contribution is -2.53. The lowest BCUT2D eigenvalue weighted by atomic mass is 9.80. The Kier molecular flexibility index (Phi) is 5.02. The molecule has 0 radical (unpaired) electrons. The van der Waals surface area contributed by atoms with Gasteiger partial charge in [-0.25, -0.2) is 14.9 Å². The highest BCUT2D eigenvalue weighted by atomic mass is 16.7. The van der Waals surface area contributed by atoms with Gasteiger partial charge >= 0.3 is 0 Å². The van der Waals surface area contributed by atoms with E-state index in [4.69, 9.17) is 29.8 Å². The van der Waals surface area contributed by atoms with Gasteiger partial charge in [-0.15, -0.1) is 0 Å². The number of nitrogens with two attached hydrogens (primary N) is 1. The van der Waals surface area contributed by atoms with Gasteiger partial charge in [0.25, 0.3) is 0 Å². The summed E-state index contributed by atoms with van der Waals surface area (Å²) in [6.07, 6.45) is 3.37. The van der Waals surface area contributed by atoms with Crippen LogP contribution in [0.25, 0.3) is 11.1 Å². The molecular weight excluding hydrogens is 394 g/mol. The van der Waals surface area contributed by atoms with Gasteiger partial charge in [0.05, 0.1) is 18.8 Å². The van der Waals surface area contributed by atoms with Crippen molar-refractivity contribution in [1.82, 2.24) is 5.06 Å². The number of hydrogen-bond donors (Lipinski definition) is 1. The minimum atomic E-state index is -0.917. The highest BCUT2D eigenvalue weighted by Crippen LogP contribution is 2.51. The second kappa shape index (κ2) is 7.73. The van der Waals surface area contributed by atoms with Crippen LogP contribution in [-0.2, 0) is 15.3 Å². The second-order valence-corrected chi connectivity index (χ2v) is 8.55. The molecule has 2 aromatic rings. The molecule has 3 aliphatic heterocycles. The van der Waals surface area contributed by atoms with E-state index in [1.807, 2.05) is 18.2 Å². The van der Waals surface area contributed by atoms with Crippen LogP contribution in [0.2, 0.25) is 0 Å². The number of rotatable bonds is 4. The fraction of sp³-hybridized carbons (Fsp3) is 0.458. The van der Waals surface area contributed by atoms with Crippen LogP contribution in [0.15, 0.2) is 47.5 Å². The van der Waals surface area contributed by atoms with Crippen LogP contribution < -0.4 is 15.2 Å². The van der Waals surface area contributed by atoms with E-state index < -0.39 is 11.3 Å². The quantitative estimate of drug-likeness (QED) is 0.806. The summed E-state index contributed by atoms with van der Waals surface area (Å²) >= 11 is 0. The van der Waals surface area contributed by atoms with E-state index in [0.717, 1.165) is 54.1 Å². The number of nitrogens with zero attached hydrogens (tertiary/aromatic N) is 2. The molecule has 7 nitrogen and oxygen atoms in total. The van der Waals surface area contributed by atoms with Crippen LogP contribution in [0.5, 0.6) is 11.5 Å². The Morgan fingerprint density at radius 1 is 1.19 bits per heavy atom. The van der Waals surface area contributed by atoms with Crippen LogP contribution in [0.3, 0.4) is 0 Å². The first-order valence-corrected chi connectivity index (χ1v) is 11.0. The monoisotopic (exact) mass is 423 g/mol. The summed E-state index contributed by atoms with van der Waals surface area (Å²) in [6.45, 7) is 4.08. The molecule has 1 fully saturated rings. The van der Waals surface area contributed by atoms with Crippen molar-refractivity contribution in [2.75, 3.05) is 26.9 Å². The number of benzene rings is 2. The number of ether oxygens (including phenoxy) is 3. The molecule has 2 aromatic carbocycles. The fourth-order valence-corrected chi connectivity index (χ4v) is 4.67. The summed E-state index contributed by atoms with van der Waals surface area (Å²) in [5.41, 5.74) is 7.75. The summed E-state index contributed by atoms with van der Waals surface area (Å²) < 4.78 is 18.1. The maximum Gasteiger partial charge on any atom is 0.222 e. The third kappa shape index (κ3) is 3.62. The fourth-order valence-electron chi connectivity index (χ4n) is 4.67. The summed E-state index contributed by atoms with van der Waals surface area (Å²) in [4.78, 5) is 11.1. The lowest BCUT2D eigenvalue weighted by Gasteiger charge is -2.46. The molecule has 5 rings (SSSR count). The summed E-state index contributed by atoms with van der Waals surface area (Å²) in [5.74, 6) is 1.99. The molecule has 2 atom stereocenters. The third-order valence-electron chi connectivity index (χ3n) is 6.12. The summed E-state index contributed by atoms with van der Waals surface area (Å²) in [6, 6.07) is 14.3. The molecule has 164 valence electrons. The van der Waals surface area contributed by atoms with Crippen LogP contribution in [-0.4, -0.2) is 43.5 Å². The molecule has 2 spiro atoms. The molecule has 2 unspecified atom stereocenters. The number of fused-ring (bicyclic) bond motifs is 2. The minimum absolute atomic E-state index is 0.361. The summed E-state index contributed by atoms with van der Waals surface area (Å²) in [7, 11) is 1.78. The SMILES string of the molecule is CCCOc1cccc(-c2ccc3c(c2)C2(CC4(CCCOC4)O3)N=C(N)N(C)O2)c1. The maximum atomic E-state index is 6.53. The Morgan fingerprint density at radius 2 is 2.06 bits per heavy atom. The van der Waals surface area contributed by atoms with Crippen molar-refractivity contribution in [3.8, 4) is 22.6 Å². The normalized spacial score (nSPS) is 27.2. The zero-order valence-corrected chi connectivity index (χ0v) is 18.1. The minimum Gasteiger partial charge on any atom is -0.494 e. The molecular formula is C24H29N3O4. The van der Waals surface area contributed by atoms with Crippen LogP contribution in [0.4, 0.5) is 0 Å². The Morgan fingerprint density at radius 3 is 2.81 bits per heavy atom. The van der Waals surface area contributed by atoms with Crippen LogP contribution in [0.1, 0.15) is 38.2 Å². The van der Waals surface area contributed by atoms with E-state index in [2.05, 4.69) is 31.2 Å². The van der Waals surface area contributed by atoms with Crippen molar-refractivity contribution in [2.24, 2.45) is 10.7 Å². The number of guanidine groups is 1. The first kappa shape index (κ1) is 20.2. The van der Waals surface area contributed by atoms with E-state index in [1.54, 1.807) is 12.1 Å². The number of hydroxylamine groups is 2. The average Bonchev–Trinajstić information content (AvgIpc) is 3.06. The lowest BCUT2D eigenvalue weighted by molar-refractivity contribution is -0.216. The molecule has 0 bridgehead atoms. The Balaban J connectivity index is 1.56. The van der Waals surface area contributed by atoms with E-state index >= 15 is 0 Å². The zero-order chi connectivity index (χ0) is 21.5. The smallest absolute Gasteiger partial charge is 0.222 e. The van der Waals surface area contributed by atoms with Gasteiger partial charge in [0.2, 0.25) is 11.7 Å². The first-order valence-electron chi connectivity index (χ1n) is 11.0. The number of aliphatic imine (C=N–C) groups is 1. The molecule has 3 aliphatic rings. The van der Waals surface area contributed by atoms with Crippen LogP contribution >= 0.6 is 0 Å². The van der Waals surface area contributed by atoms with Crippen LogP contribution in [0, 0.1) is 0 Å². The van der Waals surface area contributed by atoms with Gasteiger partial charge in [-0.1, -0.05) is 25.1 Å². The molecule has 0 aromatic heterocycles. The summed E-state index contributed by atoms with van der Waals surface area (Å²) in [5, 5.41) is 1.54. The Hall–Kier alpha value is -2.77. The van der Waals surface area contributed by atoms with E-state index in [1.165, 1.54) is 0 Å². The third-order valence-corrected chi connectivity index (χ3v) is 6.12.